The number of carbonyl (C=O) groups is 6. The Morgan fingerprint density at radius 1 is 0.765 bits per heavy atom. The number of carboxylic acids is 4. The van der Waals surface area contributed by atoms with Gasteiger partial charge in [-0.3, -0.25) is 23.7 Å². The van der Waals surface area contributed by atoms with Crippen LogP contribution in [0.5, 0.6) is 0 Å². The molecular formula is C16H27N4O13P. The monoisotopic (exact) mass is 514 g/mol. The van der Waals surface area contributed by atoms with Crippen molar-refractivity contribution in [1.29, 1.82) is 0 Å². The number of aliphatic carboxylic acids is 4. The first-order chi connectivity index (χ1) is 15.7. The van der Waals surface area contributed by atoms with Crippen molar-refractivity contribution in [2.75, 3.05) is 13.2 Å². The Hall–Kier alpha value is -3.11. The van der Waals surface area contributed by atoms with Gasteiger partial charge in [-0.15, -0.1) is 0 Å². The number of hydrogen-bond acceptors (Lipinski definition) is 9. The minimum Gasteiger partial charge on any atom is -0.481 e. The number of nitrogens with two attached hydrogens (primary N) is 1. The summed E-state index contributed by atoms with van der Waals surface area (Å²) in [5.74, 6) is -7.61. The fourth-order valence-electron chi connectivity index (χ4n) is 2.35. The molecule has 0 heterocycles. The number of nitrogens with one attached hydrogen (secondary N) is 3. The highest BCUT2D eigenvalue weighted by atomic mass is 31.2. The van der Waals surface area contributed by atoms with Gasteiger partial charge in [0, 0.05) is 19.3 Å². The fourth-order valence-corrected chi connectivity index (χ4v) is 3.41. The average molecular weight is 514 g/mol. The van der Waals surface area contributed by atoms with Crippen LogP contribution in [-0.2, 0) is 37.9 Å². The van der Waals surface area contributed by atoms with Gasteiger partial charge < -0.3 is 41.7 Å². The molecular weight excluding hydrogens is 487 g/mol. The number of rotatable bonds is 18. The summed E-state index contributed by atoms with van der Waals surface area (Å²) < 4.78 is 16.6. The molecule has 0 aliphatic rings. The van der Waals surface area contributed by atoms with Crippen LogP contribution in [-0.4, -0.2) is 92.3 Å². The quantitative estimate of drug-likeness (QED) is 0.0839. The van der Waals surface area contributed by atoms with E-state index >= 15 is 0 Å². The zero-order valence-corrected chi connectivity index (χ0v) is 18.6. The van der Waals surface area contributed by atoms with E-state index in [1.54, 1.807) is 5.09 Å². The Morgan fingerprint density at radius 2 is 1.24 bits per heavy atom. The highest BCUT2D eigenvalue weighted by Gasteiger charge is 2.30. The highest BCUT2D eigenvalue weighted by molar-refractivity contribution is 7.50. The molecule has 18 heteroatoms. The smallest absolute Gasteiger partial charge is 0.403 e. The second-order valence-corrected chi connectivity index (χ2v) is 8.31. The normalized spacial score (nSPS) is 15.2. The zero-order valence-electron chi connectivity index (χ0n) is 17.7. The van der Waals surface area contributed by atoms with E-state index in [0.29, 0.717) is 0 Å². The van der Waals surface area contributed by atoms with Gasteiger partial charge >= 0.3 is 31.6 Å². The maximum atomic E-state index is 12.0. The highest BCUT2D eigenvalue weighted by Crippen LogP contribution is 2.38. The van der Waals surface area contributed by atoms with E-state index in [1.807, 2.05) is 0 Å². The third-order valence-corrected chi connectivity index (χ3v) is 5.22. The van der Waals surface area contributed by atoms with Crippen molar-refractivity contribution in [2.45, 2.75) is 50.2 Å². The topological polar surface area (TPSA) is 292 Å². The largest absolute Gasteiger partial charge is 0.481 e. The molecule has 0 radical (unpaired) electrons. The van der Waals surface area contributed by atoms with Crippen molar-refractivity contribution < 1.29 is 63.2 Å². The standard InChI is InChI=1S/C16H27N4O13P/c17-7-12(22)19-8(14(25)26)1-3-11(21)18-9(15(27)28)5-6-33-34(31,32)20-10(16(29)30)2-4-13(23)24/h8-10H,1-7,17H2,(H,18,21)(H,19,22)(H,23,24)(H,25,26)(H,27,28)(H,29,30)(H2,20,31,32)/t8-,9-,10-/m0/s1. The van der Waals surface area contributed by atoms with Crippen molar-refractivity contribution >= 4 is 43.4 Å². The maximum absolute atomic E-state index is 12.0. The molecule has 0 bridgehead atoms. The lowest BCUT2D eigenvalue weighted by molar-refractivity contribution is -0.143. The number of carbonyl (C=O) groups excluding carboxylic acids is 2. The summed E-state index contributed by atoms with van der Waals surface area (Å²) in [6, 6.07) is -4.79. The van der Waals surface area contributed by atoms with Crippen LogP contribution in [0.1, 0.15) is 32.1 Å². The van der Waals surface area contributed by atoms with Gasteiger partial charge in [-0.25, -0.2) is 19.2 Å². The molecule has 0 saturated carbocycles. The molecule has 34 heavy (non-hydrogen) atoms. The van der Waals surface area contributed by atoms with E-state index in [-0.39, 0.29) is 6.42 Å². The van der Waals surface area contributed by atoms with Gasteiger partial charge in [-0.1, -0.05) is 0 Å². The summed E-state index contributed by atoms with van der Waals surface area (Å²) in [7, 11) is -4.78. The average Bonchev–Trinajstić information content (AvgIpc) is 2.72. The molecule has 2 amide bonds. The number of hydrogen-bond donors (Lipinski definition) is 9. The first kappa shape index (κ1) is 30.9. The summed E-state index contributed by atoms with van der Waals surface area (Å²) in [5.41, 5.74) is 5.06. The van der Waals surface area contributed by atoms with Crippen molar-refractivity contribution in [3.63, 3.8) is 0 Å². The van der Waals surface area contributed by atoms with Gasteiger partial charge in [0.15, 0.2) is 0 Å². The molecule has 0 saturated heterocycles. The molecule has 194 valence electrons. The van der Waals surface area contributed by atoms with E-state index in [9.17, 15) is 43.3 Å². The van der Waals surface area contributed by atoms with E-state index in [2.05, 4.69) is 15.2 Å². The minimum atomic E-state index is -4.78. The summed E-state index contributed by atoms with van der Waals surface area (Å²) in [6.07, 6.45) is -2.55. The van der Waals surface area contributed by atoms with Crippen molar-refractivity contribution in [1.82, 2.24) is 15.7 Å². The predicted molar refractivity (Wildman–Crippen MR) is 109 cm³/mol. The third kappa shape index (κ3) is 13.4. The Kier molecular flexibility index (Phi) is 13.6. The zero-order chi connectivity index (χ0) is 26.5. The SMILES string of the molecule is NCC(=O)N[C@@H](CCC(=O)N[C@@H](CCOP(=O)(O)N[C@@H](CCC(=O)O)C(=O)O)C(=O)O)C(=O)O. The first-order valence-electron chi connectivity index (χ1n) is 9.62. The van der Waals surface area contributed by atoms with Gasteiger partial charge in [0.1, 0.15) is 18.1 Å². The van der Waals surface area contributed by atoms with Crippen LogP contribution < -0.4 is 21.5 Å². The molecule has 4 atom stereocenters. The summed E-state index contributed by atoms with van der Waals surface area (Å²) in [4.78, 5) is 76.9. The number of amides is 2. The molecule has 0 rings (SSSR count). The minimum absolute atomic E-state index is 0.377. The lowest BCUT2D eigenvalue weighted by Gasteiger charge is -2.20. The van der Waals surface area contributed by atoms with Crippen molar-refractivity contribution in [3.05, 3.63) is 0 Å². The summed E-state index contributed by atoms with van der Waals surface area (Å²) in [6.45, 7) is -1.21. The molecule has 0 aromatic rings. The maximum Gasteiger partial charge on any atom is 0.403 e. The van der Waals surface area contributed by atoms with E-state index in [0.717, 1.165) is 0 Å². The molecule has 0 aromatic carbocycles. The van der Waals surface area contributed by atoms with Crippen LogP contribution in [0.15, 0.2) is 0 Å². The Bertz CT molecular complexity index is 821. The van der Waals surface area contributed by atoms with Crippen LogP contribution in [0.25, 0.3) is 0 Å². The lowest BCUT2D eigenvalue weighted by Crippen LogP contribution is -2.45. The fraction of sp³-hybridized carbons (Fsp3) is 0.625. The Balaban J connectivity index is 4.78. The van der Waals surface area contributed by atoms with Gasteiger partial charge in [-0.2, -0.15) is 0 Å². The molecule has 0 spiro atoms. The van der Waals surface area contributed by atoms with E-state index in [4.69, 9.17) is 21.1 Å². The van der Waals surface area contributed by atoms with Crippen LogP contribution in [0, 0.1) is 0 Å². The summed E-state index contributed by atoms with van der Waals surface area (Å²) in [5, 5.41) is 41.7. The molecule has 17 nitrogen and oxygen atoms in total. The Morgan fingerprint density at radius 3 is 1.71 bits per heavy atom. The molecule has 0 fully saturated rings. The molecule has 0 aliphatic carbocycles. The van der Waals surface area contributed by atoms with Gasteiger partial charge in [0.25, 0.3) is 0 Å². The van der Waals surface area contributed by atoms with E-state index < -0.39 is 100 Å². The van der Waals surface area contributed by atoms with Crippen molar-refractivity contribution in [2.24, 2.45) is 5.73 Å². The Labute approximate surface area is 192 Å². The molecule has 10 N–H and O–H groups in total. The first-order valence-corrected chi connectivity index (χ1v) is 11.2. The van der Waals surface area contributed by atoms with Crippen molar-refractivity contribution in [3.8, 4) is 0 Å². The second kappa shape index (κ2) is 14.9. The van der Waals surface area contributed by atoms with E-state index in [1.165, 1.54) is 0 Å². The molecule has 0 aliphatic heterocycles. The lowest BCUT2D eigenvalue weighted by atomic mass is 10.1. The molecule has 1 unspecified atom stereocenters. The second-order valence-electron chi connectivity index (χ2n) is 6.75. The van der Waals surface area contributed by atoms with Gasteiger partial charge in [0.05, 0.1) is 13.2 Å². The van der Waals surface area contributed by atoms with Gasteiger partial charge in [0.2, 0.25) is 11.8 Å². The summed E-state index contributed by atoms with van der Waals surface area (Å²) >= 11 is 0. The molecule has 0 aromatic heterocycles. The van der Waals surface area contributed by atoms with Crippen LogP contribution >= 0.6 is 7.75 Å². The van der Waals surface area contributed by atoms with Gasteiger partial charge in [-0.05, 0) is 12.8 Å². The van der Waals surface area contributed by atoms with Crippen LogP contribution in [0.3, 0.4) is 0 Å². The van der Waals surface area contributed by atoms with Crippen LogP contribution in [0.4, 0.5) is 0 Å². The third-order valence-electron chi connectivity index (χ3n) is 4.05. The van der Waals surface area contributed by atoms with Crippen LogP contribution in [0.2, 0.25) is 0 Å². The predicted octanol–water partition coefficient (Wildman–Crippen LogP) is -2.72. The number of carboxylic acid groups (broad SMARTS) is 4.